The Labute approximate surface area is 186 Å². The number of hydrogen-bond acceptors (Lipinski definition) is 7. The van der Waals surface area contributed by atoms with Gasteiger partial charge in [-0.25, -0.2) is 23.4 Å². The summed E-state index contributed by atoms with van der Waals surface area (Å²) in [4.78, 5) is 28.7. The average molecular weight is 455 g/mol. The molecule has 32 heavy (non-hydrogen) atoms. The summed E-state index contributed by atoms with van der Waals surface area (Å²) in [5.74, 6) is 1.27. The summed E-state index contributed by atoms with van der Waals surface area (Å²) in [7, 11) is -1.39. The third-order valence-electron chi connectivity index (χ3n) is 6.64. The van der Waals surface area contributed by atoms with E-state index >= 15 is 0 Å². The van der Waals surface area contributed by atoms with Crippen molar-refractivity contribution in [1.29, 1.82) is 0 Å². The van der Waals surface area contributed by atoms with Gasteiger partial charge in [-0.3, -0.25) is 4.79 Å². The Morgan fingerprint density at radius 2 is 1.94 bits per heavy atom. The van der Waals surface area contributed by atoms with Crippen molar-refractivity contribution >= 4 is 27.0 Å². The van der Waals surface area contributed by atoms with Crippen LogP contribution in [0, 0.1) is 12.8 Å². The molecule has 0 radical (unpaired) electrons. The molecular weight excluding hydrogens is 428 g/mol. The lowest BCUT2D eigenvalue weighted by Gasteiger charge is -2.37. The summed E-state index contributed by atoms with van der Waals surface area (Å²) in [6.45, 7) is 3.89. The molecule has 3 aromatic rings. The number of likely N-dealkylation sites (tertiary alicyclic amines) is 1. The summed E-state index contributed by atoms with van der Waals surface area (Å²) in [6.07, 6.45) is 3.94. The molecule has 0 spiro atoms. The van der Waals surface area contributed by atoms with E-state index < -0.39 is 9.84 Å². The second-order valence-electron chi connectivity index (χ2n) is 8.81. The summed E-state index contributed by atoms with van der Waals surface area (Å²) in [5, 5.41) is 3.34. The highest BCUT2D eigenvalue weighted by atomic mass is 32.2. The van der Waals surface area contributed by atoms with E-state index in [1.807, 2.05) is 30.7 Å². The van der Waals surface area contributed by atoms with Crippen molar-refractivity contribution < 1.29 is 13.2 Å². The molecule has 3 unspecified atom stereocenters. The van der Waals surface area contributed by atoms with E-state index in [0.29, 0.717) is 29.3 Å². The van der Waals surface area contributed by atoms with Crippen LogP contribution in [0.4, 0.5) is 0 Å². The number of rotatable bonds is 4. The minimum absolute atomic E-state index is 0.118. The van der Waals surface area contributed by atoms with Crippen LogP contribution in [0.1, 0.15) is 29.4 Å². The van der Waals surface area contributed by atoms with E-state index in [9.17, 15) is 13.2 Å². The van der Waals surface area contributed by atoms with E-state index in [0.717, 1.165) is 30.0 Å². The molecule has 2 saturated heterocycles. The van der Waals surface area contributed by atoms with E-state index in [2.05, 4.69) is 15.3 Å². The Bertz CT molecular complexity index is 1300. The number of hydrogen-bond donors (Lipinski definition) is 1. The number of carbonyl (C=O) groups is 1. The quantitative estimate of drug-likeness (QED) is 0.629. The number of benzene rings is 1. The van der Waals surface area contributed by atoms with Gasteiger partial charge in [0.15, 0.2) is 21.1 Å². The van der Waals surface area contributed by atoms with E-state index in [1.165, 1.54) is 6.26 Å². The molecule has 0 aliphatic carbocycles. The standard InChI is InChI=1S/C22H26N6O3S/c1-13-25-20-21(28(13)11-14-4-6-15(7-5-14)32(3,30)31)26-18(10-24-20)17-12-27(2)22(29)19-16(17)8-9-23-19/h4-7,10,16-17,19,23H,8-9,11-12H2,1-3H3. The fraction of sp³-hybridized carbons (Fsp3) is 0.455. The van der Waals surface area contributed by atoms with Gasteiger partial charge >= 0.3 is 0 Å². The van der Waals surface area contributed by atoms with E-state index in [4.69, 9.17) is 4.98 Å². The first-order valence-corrected chi connectivity index (χ1v) is 12.6. The largest absolute Gasteiger partial charge is 0.344 e. The molecule has 168 valence electrons. The van der Waals surface area contributed by atoms with Crippen LogP contribution in [0.3, 0.4) is 0 Å². The van der Waals surface area contributed by atoms with Crippen LogP contribution in [0.5, 0.6) is 0 Å². The molecule has 1 aromatic carbocycles. The minimum atomic E-state index is -3.23. The van der Waals surface area contributed by atoms with Gasteiger partial charge in [0, 0.05) is 25.8 Å². The van der Waals surface area contributed by atoms with Crippen LogP contribution >= 0.6 is 0 Å². The smallest absolute Gasteiger partial charge is 0.239 e. The van der Waals surface area contributed by atoms with Gasteiger partial charge in [0.2, 0.25) is 5.91 Å². The lowest BCUT2D eigenvalue weighted by molar-refractivity contribution is -0.136. The molecule has 1 amide bonds. The van der Waals surface area contributed by atoms with Crippen molar-refractivity contribution in [2.45, 2.75) is 36.7 Å². The Balaban J connectivity index is 1.49. The molecule has 3 atom stereocenters. The van der Waals surface area contributed by atoms with Crippen molar-refractivity contribution in [3.63, 3.8) is 0 Å². The SMILES string of the molecule is Cc1nc2ncc(C3CN(C)C(=O)C4NCCC43)nc2n1Cc1ccc(S(C)(=O)=O)cc1. The van der Waals surface area contributed by atoms with Crippen LogP contribution in [0.25, 0.3) is 11.3 Å². The molecule has 2 aliphatic rings. The maximum atomic E-state index is 12.5. The summed E-state index contributed by atoms with van der Waals surface area (Å²) < 4.78 is 25.5. The number of nitrogens with one attached hydrogen (secondary N) is 1. The Kier molecular flexibility index (Phi) is 5.01. The molecule has 5 rings (SSSR count). The van der Waals surface area contributed by atoms with Crippen LogP contribution in [0.15, 0.2) is 35.4 Å². The average Bonchev–Trinajstić information content (AvgIpc) is 3.36. The minimum Gasteiger partial charge on any atom is -0.344 e. The molecule has 2 aliphatic heterocycles. The van der Waals surface area contributed by atoms with Gasteiger partial charge in [0.1, 0.15) is 5.82 Å². The van der Waals surface area contributed by atoms with Gasteiger partial charge in [0.25, 0.3) is 0 Å². The molecule has 4 heterocycles. The molecule has 0 bridgehead atoms. The van der Waals surface area contributed by atoms with Gasteiger partial charge in [0.05, 0.1) is 29.4 Å². The lowest BCUT2D eigenvalue weighted by Crippen LogP contribution is -2.53. The van der Waals surface area contributed by atoms with Crippen molar-refractivity contribution in [2.24, 2.45) is 5.92 Å². The molecule has 9 nitrogen and oxygen atoms in total. The van der Waals surface area contributed by atoms with Crippen molar-refractivity contribution in [3.05, 3.63) is 47.5 Å². The number of fused-ring (bicyclic) bond motifs is 2. The topological polar surface area (TPSA) is 110 Å². The Hall–Kier alpha value is -2.85. The maximum Gasteiger partial charge on any atom is 0.239 e. The number of aromatic nitrogens is 4. The van der Waals surface area contributed by atoms with Crippen molar-refractivity contribution in [1.82, 2.24) is 29.7 Å². The zero-order valence-electron chi connectivity index (χ0n) is 18.3. The highest BCUT2D eigenvalue weighted by Gasteiger charge is 2.45. The third-order valence-corrected chi connectivity index (χ3v) is 7.77. The van der Waals surface area contributed by atoms with Crippen LogP contribution < -0.4 is 5.32 Å². The van der Waals surface area contributed by atoms with E-state index in [-0.39, 0.29) is 23.8 Å². The van der Waals surface area contributed by atoms with Gasteiger partial charge in [-0.15, -0.1) is 0 Å². The number of nitrogens with zero attached hydrogens (tertiary/aromatic N) is 5. The number of piperidine rings is 1. The monoisotopic (exact) mass is 454 g/mol. The van der Waals surface area contributed by atoms with Crippen LogP contribution in [0.2, 0.25) is 0 Å². The maximum absolute atomic E-state index is 12.5. The number of carbonyl (C=O) groups excluding carboxylic acids is 1. The summed E-state index contributed by atoms with van der Waals surface area (Å²) in [6, 6.07) is 6.72. The molecule has 2 fully saturated rings. The van der Waals surface area contributed by atoms with E-state index in [1.54, 1.807) is 23.2 Å². The fourth-order valence-electron chi connectivity index (χ4n) is 4.90. The predicted octanol–water partition coefficient (Wildman–Crippen LogP) is 1.12. The number of imidazole rings is 1. The summed E-state index contributed by atoms with van der Waals surface area (Å²) >= 11 is 0. The predicted molar refractivity (Wildman–Crippen MR) is 119 cm³/mol. The molecule has 2 aromatic heterocycles. The highest BCUT2D eigenvalue weighted by molar-refractivity contribution is 7.90. The number of likely N-dealkylation sites (N-methyl/N-ethyl adjacent to an activating group) is 1. The zero-order valence-corrected chi connectivity index (χ0v) is 19.1. The van der Waals surface area contributed by atoms with Gasteiger partial charge in [-0.05, 0) is 43.5 Å². The third kappa shape index (κ3) is 3.57. The van der Waals surface area contributed by atoms with Crippen molar-refractivity contribution in [3.8, 4) is 0 Å². The zero-order chi connectivity index (χ0) is 22.6. The molecular formula is C22H26N6O3S. The molecule has 0 saturated carbocycles. The highest BCUT2D eigenvalue weighted by Crippen LogP contribution is 2.37. The Morgan fingerprint density at radius 3 is 2.66 bits per heavy atom. The molecule has 10 heteroatoms. The van der Waals surface area contributed by atoms with Crippen LogP contribution in [-0.4, -0.2) is 71.2 Å². The second kappa shape index (κ2) is 7.63. The van der Waals surface area contributed by atoms with Gasteiger partial charge < -0.3 is 14.8 Å². The lowest BCUT2D eigenvalue weighted by atomic mass is 9.80. The van der Waals surface area contributed by atoms with Gasteiger partial charge in [-0.2, -0.15) is 0 Å². The first kappa shape index (κ1) is 21.0. The first-order valence-electron chi connectivity index (χ1n) is 10.7. The first-order chi connectivity index (χ1) is 15.2. The molecule has 1 N–H and O–H groups in total. The number of amides is 1. The van der Waals surface area contributed by atoms with Gasteiger partial charge in [-0.1, -0.05) is 12.1 Å². The van der Waals surface area contributed by atoms with Crippen molar-refractivity contribution in [2.75, 3.05) is 26.4 Å². The number of aryl methyl sites for hydroxylation is 1. The van der Waals surface area contributed by atoms with Crippen LogP contribution in [-0.2, 0) is 21.2 Å². The number of sulfone groups is 1. The Morgan fingerprint density at radius 1 is 1.19 bits per heavy atom. The summed E-state index contributed by atoms with van der Waals surface area (Å²) in [5.41, 5.74) is 3.12. The normalized spacial score (nSPS) is 23.7. The fourth-order valence-corrected chi connectivity index (χ4v) is 5.53. The second-order valence-corrected chi connectivity index (χ2v) is 10.8.